The van der Waals surface area contributed by atoms with Gasteiger partial charge in [0.25, 0.3) is 5.91 Å². The summed E-state index contributed by atoms with van der Waals surface area (Å²) >= 11 is 5.78. The summed E-state index contributed by atoms with van der Waals surface area (Å²) in [6.07, 6.45) is 7.67. The zero-order valence-corrected chi connectivity index (χ0v) is 14.2. The molecule has 0 aliphatic carbocycles. The van der Waals surface area contributed by atoms with Crippen molar-refractivity contribution in [2.45, 2.75) is 25.8 Å². The molecule has 0 atom stereocenters. The van der Waals surface area contributed by atoms with Crippen molar-refractivity contribution >= 4 is 29.1 Å². The maximum Gasteiger partial charge on any atom is 0.274 e. The molecule has 1 aliphatic heterocycles. The molecular weight excluding hydrogens is 332 g/mol. The Labute approximate surface area is 144 Å². The van der Waals surface area contributed by atoms with Gasteiger partial charge in [0.15, 0.2) is 0 Å². The van der Waals surface area contributed by atoms with Gasteiger partial charge >= 0.3 is 0 Å². The van der Waals surface area contributed by atoms with Crippen molar-refractivity contribution in [3.05, 3.63) is 29.3 Å². The molecular formula is C15H19ClN6O2. The van der Waals surface area contributed by atoms with Crippen molar-refractivity contribution in [2.75, 3.05) is 18.4 Å². The van der Waals surface area contributed by atoms with Gasteiger partial charge in [0.05, 0.1) is 23.1 Å². The lowest BCUT2D eigenvalue weighted by molar-refractivity contribution is -0.116. The third kappa shape index (κ3) is 3.59. The summed E-state index contributed by atoms with van der Waals surface area (Å²) in [5.41, 5.74) is 0.806. The lowest BCUT2D eigenvalue weighted by Crippen LogP contribution is -2.37. The number of hydrogen-bond donors (Lipinski definition) is 1. The average molecular weight is 351 g/mol. The average Bonchev–Trinajstić information content (AvgIpc) is 3.13. The number of rotatable bonds is 4. The van der Waals surface area contributed by atoms with Gasteiger partial charge in [-0.1, -0.05) is 11.6 Å². The van der Waals surface area contributed by atoms with Crippen LogP contribution in [-0.2, 0) is 18.4 Å². The van der Waals surface area contributed by atoms with Crippen LogP contribution < -0.4 is 5.32 Å². The van der Waals surface area contributed by atoms with Crippen LogP contribution in [0.25, 0.3) is 0 Å². The lowest BCUT2D eigenvalue weighted by atomic mass is 10.1. The number of halogens is 1. The standard InChI is InChI=1S/C15H19ClN6O2/c1-20-14(15(24)21-5-3-2-4-6-21)12(8-17-20)19-13(23)10-22-9-11(16)7-18-22/h7-9H,2-6,10H2,1H3,(H,19,23). The zero-order chi connectivity index (χ0) is 17.1. The predicted molar refractivity (Wildman–Crippen MR) is 88.8 cm³/mol. The van der Waals surface area contributed by atoms with Crippen molar-refractivity contribution in [1.82, 2.24) is 24.5 Å². The minimum atomic E-state index is -0.296. The largest absolute Gasteiger partial charge is 0.337 e. The molecule has 8 nitrogen and oxygen atoms in total. The van der Waals surface area contributed by atoms with Gasteiger partial charge in [-0.3, -0.25) is 19.0 Å². The summed E-state index contributed by atoms with van der Waals surface area (Å²) in [7, 11) is 1.69. The number of nitrogens with one attached hydrogen (secondary N) is 1. The number of nitrogens with zero attached hydrogens (tertiary/aromatic N) is 5. The Kier molecular flexibility index (Phi) is 4.84. The fourth-order valence-corrected chi connectivity index (χ4v) is 2.95. The fraction of sp³-hybridized carbons (Fsp3) is 0.467. The summed E-state index contributed by atoms with van der Waals surface area (Å²) in [5, 5.41) is 11.3. The lowest BCUT2D eigenvalue weighted by Gasteiger charge is -2.27. The monoisotopic (exact) mass is 350 g/mol. The summed E-state index contributed by atoms with van der Waals surface area (Å²) in [6, 6.07) is 0. The van der Waals surface area contributed by atoms with E-state index in [1.165, 1.54) is 21.8 Å². The van der Waals surface area contributed by atoms with E-state index in [-0.39, 0.29) is 18.4 Å². The Bertz CT molecular complexity index is 747. The van der Waals surface area contributed by atoms with E-state index in [1.54, 1.807) is 13.2 Å². The van der Waals surface area contributed by atoms with Gasteiger partial charge in [-0.15, -0.1) is 0 Å². The van der Waals surface area contributed by atoms with Crippen LogP contribution in [0.1, 0.15) is 29.8 Å². The Hall–Kier alpha value is -2.35. The number of hydrogen-bond acceptors (Lipinski definition) is 4. The molecule has 2 aromatic heterocycles. The van der Waals surface area contributed by atoms with E-state index in [2.05, 4.69) is 15.5 Å². The zero-order valence-electron chi connectivity index (χ0n) is 13.4. The van der Waals surface area contributed by atoms with Gasteiger partial charge in [-0.05, 0) is 19.3 Å². The predicted octanol–water partition coefficient (Wildman–Crippen LogP) is 1.53. The molecule has 0 bridgehead atoms. The molecule has 0 radical (unpaired) electrons. The van der Waals surface area contributed by atoms with E-state index in [9.17, 15) is 9.59 Å². The first kappa shape index (κ1) is 16.5. The molecule has 24 heavy (non-hydrogen) atoms. The Morgan fingerprint density at radius 1 is 1.21 bits per heavy atom. The van der Waals surface area contributed by atoms with Crippen molar-refractivity contribution in [3.63, 3.8) is 0 Å². The summed E-state index contributed by atoms with van der Waals surface area (Å²) < 4.78 is 2.93. The van der Waals surface area contributed by atoms with Gasteiger partial charge < -0.3 is 10.2 Å². The topological polar surface area (TPSA) is 85.0 Å². The minimum Gasteiger partial charge on any atom is -0.337 e. The molecule has 3 heterocycles. The molecule has 1 saturated heterocycles. The normalized spacial score (nSPS) is 14.7. The molecule has 9 heteroatoms. The molecule has 0 unspecified atom stereocenters. The van der Waals surface area contributed by atoms with Crippen LogP contribution in [0, 0.1) is 0 Å². The van der Waals surface area contributed by atoms with E-state index in [4.69, 9.17) is 11.6 Å². The Morgan fingerprint density at radius 3 is 2.62 bits per heavy atom. The summed E-state index contributed by atoms with van der Waals surface area (Å²) in [5.74, 6) is -0.400. The van der Waals surface area contributed by atoms with Crippen LogP contribution in [0.4, 0.5) is 5.69 Å². The smallest absolute Gasteiger partial charge is 0.274 e. The number of likely N-dealkylation sites (tertiary alicyclic amines) is 1. The number of anilines is 1. The van der Waals surface area contributed by atoms with E-state index in [1.807, 2.05) is 4.90 Å². The van der Waals surface area contributed by atoms with Gasteiger partial charge in [0, 0.05) is 26.3 Å². The molecule has 0 aromatic carbocycles. The molecule has 1 fully saturated rings. The highest BCUT2D eigenvalue weighted by Crippen LogP contribution is 2.19. The molecule has 3 rings (SSSR count). The maximum absolute atomic E-state index is 12.7. The molecule has 1 aliphatic rings. The van der Waals surface area contributed by atoms with Crippen LogP contribution >= 0.6 is 11.6 Å². The third-order valence-electron chi connectivity index (χ3n) is 3.97. The first-order valence-corrected chi connectivity index (χ1v) is 8.21. The van der Waals surface area contributed by atoms with Crippen molar-refractivity contribution < 1.29 is 9.59 Å². The minimum absolute atomic E-state index is 0.0129. The second-order valence-electron chi connectivity index (χ2n) is 5.79. The summed E-state index contributed by atoms with van der Waals surface area (Å²) in [4.78, 5) is 26.7. The number of aromatic nitrogens is 4. The maximum atomic E-state index is 12.7. The first-order chi connectivity index (χ1) is 11.5. The van der Waals surface area contributed by atoms with Crippen molar-refractivity contribution in [1.29, 1.82) is 0 Å². The van der Waals surface area contributed by atoms with Gasteiger partial charge in [0.1, 0.15) is 12.2 Å². The highest BCUT2D eigenvalue weighted by atomic mass is 35.5. The second-order valence-corrected chi connectivity index (χ2v) is 6.22. The highest BCUT2D eigenvalue weighted by molar-refractivity contribution is 6.30. The van der Waals surface area contributed by atoms with Crippen LogP contribution in [0.2, 0.25) is 5.02 Å². The number of carbonyl (C=O) groups is 2. The second kappa shape index (κ2) is 7.04. The number of carbonyl (C=O) groups excluding carboxylic acids is 2. The molecule has 0 saturated carbocycles. The quantitative estimate of drug-likeness (QED) is 0.906. The SMILES string of the molecule is Cn1ncc(NC(=O)Cn2cc(Cl)cn2)c1C(=O)N1CCCCC1. The van der Waals surface area contributed by atoms with Gasteiger partial charge in [0.2, 0.25) is 5.91 Å². The number of piperidine rings is 1. The van der Waals surface area contributed by atoms with E-state index in [0.717, 1.165) is 32.4 Å². The Morgan fingerprint density at radius 2 is 1.96 bits per heavy atom. The van der Waals surface area contributed by atoms with E-state index in [0.29, 0.717) is 16.4 Å². The number of aryl methyl sites for hydroxylation is 1. The van der Waals surface area contributed by atoms with Crippen LogP contribution in [-0.4, -0.2) is 49.4 Å². The van der Waals surface area contributed by atoms with Crippen molar-refractivity contribution in [3.8, 4) is 0 Å². The van der Waals surface area contributed by atoms with Crippen molar-refractivity contribution in [2.24, 2.45) is 7.05 Å². The van der Waals surface area contributed by atoms with E-state index < -0.39 is 0 Å². The molecule has 0 spiro atoms. The molecule has 2 aromatic rings. The molecule has 128 valence electrons. The molecule has 1 N–H and O–H groups in total. The Balaban J connectivity index is 1.72. The third-order valence-corrected chi connectivity index (χ3v) is 4.16. The number of amides is 2. The first-order valence-electron chi connectivity index (χ1n) is 7.83. The van der Waals surface area contributed by atoms with Crippen LogP contribution in [0.5, 0.6) is 0 Å². The van der Waals surface area contributed by atoms with Crippen LogP contribution in [0.15, 0.2) is 18.6 Å². The van der Waals surface area contributed by atoms with Gasteiger partial charge in [-0.25, -0.2) is 0 Å². The highest BCUT2D eigenvalue weighted by Gasteiger charge is 2.25. The molecule has 2 amide bonds. The van der Waals surface area contributed by atoms with Gasteiger partial charge in [-0.2, -0.15) is 10.2 Å². The van der Waals surface area contributed by atoms with Crippen LogP contribution in [0.3, 0.4) is 0 Å². The fourth-order valence-electron chi connectivity index (χ4n) is 2.79. The summed E-state index contributed by atoms with van der Waals surface area (Å²) in [6.45, 7) is 1.49. The van der Waals surface area contributed by atoms with E-state index >= 15 is 0 Å².